The van der Waals surface area contributed by atoms with Crippen molar-refractivity contribution >= 4 is 22.9 Å². The summed E-state index contributed by atoms with van der Waals surface area (Å²) in [5, 5.41) is 15.8. The van der Waals surface area contributed by atoms with E-state index in [-0.39, 0.29) is 6.61 Å². The fourth-order valence-corrected chi connectivity index (χ4v) is 4.07. The van der Waals surface area contributed by atoms with Gasteiger partial charge in [-0.3, -0.25) is 4.90 Å². The average molecular weight is 390 g/mol. The lowest BCUT2D eigenvalue weighted by molar-refractivity contribution is 0.0398. The van der Waals surface area contributed by atoms with Crippen molar-refractivity contribution in [3.8, 4) is 0 Å². The summed E-state index contributed by atoms with van der Waals surface area (Å²) in [4.78, 5) is 16.4. The number of hydrogen-bond donors (Lipinski definition) is 3. The second kappa shape index (κ2) is 9.49. The summed E-state index contributed by atoms with van der Waals surface area (Å²) < 4.78 is 7.62. The van der Waals surface area contributed by atoms with Crippen LogP contribution in [0.2, 0.25) is 0 Å². The molecule has 1 aliphatic heterocycles. The normalized spacial score (nSPS) is 19.2. The van der Waals surface area contributed by atoms with Crippen LogP contribution in [0.25, 0.3) is 11.2 Å². The van der Waals surface area contributed by atoms with Crippen molar-refractivity contribution in [2.24, 2.45) is 0 Å². The van der Waals surface area contributed by atoms with Gasteiger partial charge in [-0.15, -0.1) is 0 Å². The molecule has 2 aromatic heterocycles. The molecule has 1 saturated heterocycles. The fraction of sp³-hybridized carbons (Fsp3) is 0.737. The first kappa shape index (κ1) is 19.4. The summed E-state index contributed by atoms with van der Waals surface area (Å²) in [6.07, 6.45) is 8.08. The van der Waals surface area contributed by atoms with Gasteiger partial charge in [0.2, 0.25) is 5.95 Å². The van der Waals surface area contributed by atoms with E-state index < -0.39 is 0 Å². The zero-order valence-corrected chi connectivity index (χ0v) is 16.4. The number of morpholine rings is 1. The summed E-state index contributed by atoms with van der Waals surface area (Å²) in [6, 6.07) is 0.459. The highest BCUT2D eigenvalue weighted by molar-refractivity contribution is 5.84. The Morgan fingerprint density at radius 1 is 1.07 bits per heavy atom. The number of nitrogens with one attached hydrogen (secondary N) is 2. The van der Waals surface area contributed by atoms with Crippen LogP contribution in [-0.4, -0.2) is 82.1 Å². The van der Waals surface area contributed by atoms with Gasteiger partial charge in [0, 0.05) is 38.8 Å². The molecule has 0 unspecified atom stereocenters. The molecular weight excluding hydrogens is 358 g/mol. The predicted octanol–water partition coefficient (Wildman–Crippen LogP) is 1.48. The Bertz CT molecular complexity index is 754. The fourth-order valence-electron chi connectivity index (χ4n) is 4.07. The molecule has 1 saturated carbocycles. The molecule has 0 aromatic carbocycles. The van der Waals surface area contributed by atoms with Gasteiger partial charge >= 0.3 is 0 Å². The quantitative estimate of drug-likeness (QED) is 0.624. The highest BCUT2D eigenvalue weighted by Gasteiger charge is 2.21. The molecule has 154 valence electrons. The van der Waals surface area contributed by atoms with Crippen LogP contribution in [0.1, 0.15) is 38.1 Å². The van der Waals surface area contributed by atoms with Gasteiger partial charge in [-0.25, -0.2) is 4.98 Å². The van der Waals surface area contributed by atoms with Gasteiger partial charge < -0.3 is 25.0 Å². The van der Waals surface area contributed by atoms with Crippen LogP contribution in [0.5, 0.6) is 0 Å². The van der Waals surface area contributed by atoms with E-state index in [9.17, 15) is 5.11 Å². The summed E-state index contributed by atoms with van der Waals surface area (Å²) >= 11 is 0. The molecule has 0 atom stereocenters. The van der Waals surface area contributed by atoms with Crippen LogP contribution in [0, 0.1) is 0 Å². The average Bonchev–Trinajstić information content (AvgIpc) is 3.17. The van der Waals surface area contributed by atoms with Crippen molar-refractivity contribution in [3.05, 3.63) is 6.33 Å². The second-order valence-corrected chi connectivity index (χ2v) is 7.54. The molecule has 28 heavy (non-hydrogen) atoms. The van der Waals surface area contributed by atoms with Crippen molar-refractivity contribution < 1.29 is 9.84 Å². The van der Waals surface area contributed by atoms with E-state index in [1.807, 2.05) is 6.33 Å². The molecule has 0 amide bonds. The summed E-state index contributed by atoms with van der Waals surface area (Å²) in [5.41, 5.74) is 1.65. The number of nitrogens with zero attached hydrogens (tertiary/aromatic N) is 5. The van der Waals surface area contributed by atoms with E-state index in [2.05, 4.69) is 30.1 Å². The maximum atomic E-state index is 9.20. The molecular formula is C19H31N7O2. The highest BCUT2D eigenvalue weighted by atomic mass is 16.5. The minimum absolute atomic E-state index is 0.0502. The molecule has 1 aliphatic carbocycles. The van der Waals surface area contributed by atoms with Crippen LogP contribution in [0.15, 0.2) is 6.33 Å². The Morgan fingerprint density at radius 2 is 1.89 bits per heavy atom. The van der Waals surface area contributed by atoms with Crippen LogP contribution in [0.3, 0.4) is 0 Å². The molecule has 0 radical (unpaired) electrons. The minimum Gasteiger partial charge on any atom is -0.395 e. The molecule has 0 bridgehead atoms. The Labute approximate surface area is 165 Å². The standard InChI is InChI=1S/C19H31N7O2/c27-11-7-20-17-16-18(26(14-22-16)15-4-2-1-3-5-15)24-19(23-17)21-6-8-25-9-12-28-13-10-25/h14-15,27H,1-13H2,(H2,20,21,23,24). The third-order valence-electron chi connectivity index (χ3n) is 5.61. The third-order valence-corrected chi connectivity index (χ3v) is 5.61. The van der Waals surface area contributed by atoms with Crippen LogP contribution < -0.4 is 10.6 Å². The van der Waals surface area contributed by atoms with E-state index in [1.54, 1.807) is 0 Å². The lowest BCUT2D eigenvalue weighted by atomic mass is 9.95. The van der Waals surface area contributed by atoms with Crippen LogP contribution in [0.4, 0.5) is 11.8 Å². The predicted molar refractivity (Wildman–Crippen MR) is 109 cm³/mol. The van der Waals surface area contributed by atoms with Gasteiger partial charge in [-0.1, -0.05) is 19.3 Å². The maximum absolute atomic E-state index is 9.20. The smallest absolute Gasteiger partial charge is 0.226 e. The molecule has 3 heterocycles. The SMILES string of the molecule is OCCNc1nc(NCCN2CCOCC2)nc2c1ncn2C1CCCCC1. The number of anilines is 2. The molecule has 2 aliphatic rings. The Kier molecular flexibility index (Phi) is 6.56. The lowest BCUT2D eigenvalue weighted by Gasteiger charge is -2.26. The minimum atomic E-state index is 0.0502. The topological polar surface area (TPSA) is 100 Å². The number of ether oxygens (including phenoxy) is 1. The molecule has 0 spiro atoms. The van der Waals surface area contributed by atoms with E-state index >= 15 is 0 Å². The third kappa shape index (κ3) is 4.53. The zero-order chi connectivity index (χ0) is 19.2. The Balaban J connectivity index is 1.52. The Hall–Kier alpha value is -1.97. The first-order chi connectivity index (χ1) is 13.8. The highest BCUT2D eigenvalue weighted by Crippen LogP contribution is 2.31. The van der Waals surface area contributed by atoms with Crippen LogP contribution >= 0.6 is 0 Å². The van der Waals surface area contributed by atoms with Crippen molar-refractivity contribution in [2.45, 2.75) is 38.1 Å². The molecule has 2 aromatic rings. The first-order valence-corrected chi connectivity index (χ1v) is 10.5. The van der Waals surface area contributed by atoms with Crippen molar-refractivity contribution in [1.29, 1.82) is 0 Å². The zero-order valence-electron chi connectivity index (χ0n) is 16.4. The number of imidazole rings is 1. The molecule has 4 rings (SSSR count). The molecule has 9 nitrogen and oxygen atoms in total. The van der Waals surface area contributed by atoms with Gasteiger partial charge in [0.15, 0.2) is 17.0 Å². The second-order valence-electron chi connectivity index (χ2n) is 7.54. The van der Waals surface area contributed by atoms with Gasteiger partial charge in [0.25, 0.3) is 0 Å². The number of aliphatic hydroxyl groups is 1. The number of hydrogen-bond acceptors (Lipinski definition) is 8. The van der Waals surface area contributed by atoms with E-state index in [4.69, 9.17) is 9.72 Å². The molecule has 2 fully saturated rings. The lowest BCUT2D eigenvalue weighted by Crippen LogP contribution is -2.39. The number of aliphatic hydroxyl groups excluding tert-OH is 1. The summed E-state index contributed by atoms with van der Waals surface area (Å²) in [7, 11) is 0. The Morgan fingerprint density at radius 3 is 2.68 bits per heavy atom. The van der Waals surface area contributed by atoms with Gasteiger partial charge in [-0.05, 0) is 12.8 Å². The van der Waals surface area contributed by atoms with Gasteiger partial charge in [0.05, 0.1) is 26.1 Å². The van der Waals surface area contributed by atoms with Gasteiger partial charge in [-0.2, -0.15) is 9.97 Å². The largest absolute Gasteiger partial charge is 0.395 e. The molecule has 9 heteroatoms. The van der Waals surface area contributed by atoms with Gasteiger partial charge in [0.1, 0.15) is 0 Å². The van der Waals surface area contributed by atoms with E-state index in [0.717, 1.165) is 50.6 Å². The molecule has 3 N–H and O–H groups in total. The van der Waals surface area contributed by atoms with Crippen molar-refractivity contribution in [2.75, 3.05) is 63.2 Å². The summed E-state index contributed by atoms with van der Waals surface area (Å²) in [5.74, 6) is 1.29. The number of aromatic nitrogens is 4. The van der Waals surface area contributed by atoms with Crippen molar-refractivity contribution in [3.63, 3.8) is 0 Å². The van der Waals surface area contributed by atoms with E-state index in [1.165, 1.54) is 32.1 Å². The monoisotopic (exact) mass is 389 g/mol. The van der Waals surface area contributed by atoms with Crippen LogP contribution in [-0.2, 0) is 4.74 Å². The van der Waals surface area contributed by atoms with Crippen molar-refractivity contribution in [1.82, 2.24) is 24.4 Å². The van der Waals surface area contributed by atoms with E-state index in [0.29, 0.717) is 24.4 Å². The summed E-state index contributed by atoms with van der Waals surface area (Å²) in [6.45, 7) is 5.76. The maximum Gasteiger partial charge on any atom is 0.226 e. The number of fused-ring (bicyclic) bond motifs is 1. The first-order valence-electron chi connectivity index (χ1n) is 10.5. The number of rotatable bonds is 8.